The van der Waals surface area contributed by atoms with Crippen molar-refractivity contribution in [2.45, 2.75) is 6.61 Å². The highest BCUT2D eigenvalue weighted by Gasteiger charge is 2.11. The Labute approximate surface area is 158 Å². The Morgan fingerprint density at radius 1 is 0.846 bits per heavy atom. The Morgan fingerprint density at radius 3 is 2.38 bits per heavy atom. The van der Waals surface area contributed by atoms with Crippen LogP contribution in [-0.2, 0) is 6.61 Å². The standard InChI is InChI=1S/C20H14BrN3O2/c21-16-5-1-2-7-18(16)25-13-14-8-10-15(11-9-14)19-23-24-20(26-19)17-6-3-4-12-22-17/h1-12H,13H2. The number of hydrogen-bond donors (Lipinski definition) is 0. The second-order valence-corrected chi connectivity index (χ2v) is 6.40. The molecule has 0 saturated carbocycles. The molecule has 0 atom stereocenters. The fourth-order valence-corrected chi connectivity index (χ4v) is 2.80. The summed E-state index contributed by atoms with van der Waals surface area (Å²) in [5, 5.41) is 8.17. The minimum atomic E-state index is 0.405. The van der Waals surface area contributed by atoms with Gasteiger partial charge in [0.15, 0.2) is 0 Å². The Kier molecular flexibility index (Phi) is 4.75. The Bertz CT molecular complexity index is 1000. The van der Waals surface area contributed by atoms with Crippen LogP contribution in [-0.4, -0.2) is 15.2 Å². The number of halogens is 1. The quantitative estimate of drug-likeness (QED) is 0.458. The van der Waals surface area contributed by atoms with Gasteiger partial charge in [-0.1, -0.05) is 30.3 Å². The van der Waals surface area contributed by atoms with Crippen LogP contribution in [0.25, 0.3) is 23.0 Å². The molecule has 4 aromatic rings. The van der Waals surface area contributed by atoms with Crippen LogP contribution < -0.4 is 4.74 Å². The van der Waals surface area contributed by atoms with E-state index in [-0.39, 0.29) is 0 Å². The van der Waals surface area contributed by atoms with Crippen molar-refractivity contribution in [2.24, 2.45) is 0 Å². The second kappa shape index (κ2) is 7.49. The summed E-state index contributed by atoms with van der Waals surface area (Å²) in [4.78, 5) is 4.21. The summed E-state index contributed by atoms with van der Waals surface area (Å²) in [5.74, 6) is 1.68. The lowest BCUT2D eigenvalue weighted by atomic mass is 10.1. The number of nitrogens with zero attached hydrogens (tertiary/aromatic N) is 3. The lowest BCUT2D eigenvalue weighted by molar-refractivity contribution is 0.304. The maximum Gasteiger partial charge on any atom is 0.266 e. The highest BCUT2D eigenvalue weighted by molar-refractivity contribution is 9.10. The van der Waals surface area contributed by atoms with E-state index in [4.69, 9.17) is 9.15 Å². The molecular formula is C20H14BrN3O2. The van der Waals surface area contributed by atoms with Gasteiger partial charge in [-0.3, -0.25) is 4.98 Å². The number of aromatic nitrogens is 3. The molecule has 0 aliphatic carbocycles. The van der Waals surface area contributed by atoms with Crippen LogP contribution in [0.5, 0.6) is 5.75 Å². The summed E-state index contributed by atoms with van der Waals surface area (Å²) >= 11 is 3.48. The zero-order chi connectivity index (χ0) is 17.8. The number of hydrogen-bond acceptors (Lipinski definition) is 5. The van der Waals surface area contributed by atoms with Crippen LogP contribution in [0, 0.1) is 0 Å². The third-order valence-corrected chi connectivity index (χ3v) is 4.40. The summed E-state index contributed by atoms with van der Waals surface area (Å²) in [6, 6.07) is 21.2. The van der Waals surface area contributed by atoms with Crippen LogP contribution in [0.4, 0.5) is 0 Å². The summed E-state index contributed by atoms with van der Waals surface area (Å²) in [7, 11) is 0. The third-order valence-electron chi connectivity index (χ3n) is 3.74. The summed E-state index contributed by atoms with van der Waals surface area (Å²) in [6.07, 6.45) is 1.69. The van der Waals surface area contributed by atoms with E-state index in [0.29, 0.717) is 24.1 Å². The van der Waals surface area contributed by atoms with Gasteiger partial charge in [-0.2, -0.15) is 0 Å². The van der Waals surface area contributed by atoms with Crippen molar-refractivity contribution in [1.29, 1.82) is 0 Å². The van der Waals surface area contributed by atoms with E-state index >= 15 is 0 Å². The zero-order valence-electron chi connectivity index (χ0n) is 13.7. The molecule has 0 bridgehead atoms. The molecule has 6 heteroatoms. The van der Waals surface area contributed by atoms with E-state index < -0.39 is 0 Å². The maximum absolute atomic E-state index is 5.82. The van der Waals surface area contributed by atoms with Crippen molar-refractivity contribution >= 4 is 15.9 Å². The highest BCUT2D eigenvalue weighted by Crippen LogP contribution is 2.26. The number of pyridine rings is 1. The van der Waals surface area contributed by atoms with Crippen LogP contribution >= 0.6 is 15.9 Å². The first kappa shape index (κ1) is 16.5. The Morgan fingerprint density at radius 2 is 1.62 bits per heavy atom. The molecule has 0 saturated heterocycles. The number of benzene rings is 2. The Hall–Kier alpha value is -2.99. The third kappa shape index (κ3) is 3.65. The molecule has 0 unspecified atom stereocenters. The average Bonchev–Trinajstić information content (AvgIpc) is 3.19. The minimum Gasteiger partial charge on any atom is -0.488 e. The lowest BCUT2D eigenvalue weighted by Crippen LogP contribution is -1.95. The topological polar surface area (TPSA) is 61.0 Å². The van der Waals surface area contributed by atoms with Crippen LogP contribution in [0.3, 0.4) is 0 Å². The molecule has 0 aliphatic heterocycles. The first-order chi connectivity index (χ1) is 12.8. The van der Waals surface area contributed by atoms with Crippen molar-refractivity contribution in [3.8, 4) is 28.8 Å². The first-order valence-electron chi connectivity index (χ1n) is 8.01. The van der Waals surface area contributed by atoms with Gasteiger partial charge < -0.3 is 9.15 Å². The largest absolute Gasteiger partial charge is 0.488 e. The fraction of sp³-hybridized carbons (Fsp3) is 0.0500. The molecule has 128 valence electrons. The summed E-state index contributed by atoms with van der Waals surface area (Å²) in [6.45, 7) is 0.478. The zero-order valence-corrected chi connectivity index (χ0v) is 15.3. The highest BCUT2D eigenvalue weighted by atomic mass is 79.9. The smallest absolute Gasteiger partial charge is 0.266 e. The average molecular weight is 408 g/mol. The molecule has 2 aromatic carbocycles. The molecule has 2 heterocycles. The first-order valence-corrected chi connectivity index (χ1v) is 8.80. The van der Waals surface area contributed by atoms with Crippen molar-refractivity contribution < 1.29 is 9.15 Å². The molecular weight excluding hydrogens is 394 g/mol. The van der Waals surface area contributed by atoms with Crippen LogP contribution in [0.1, 0.15) is 5.56 Å². The number of rotatable bonds is 5. The fourth-order valence-electron chi connectivity index (χ4n) is 2.40. The monoisotopic (exact) mass is 407 g/mol. The molecule has 26 heavy (non-hydrogen) atoms. The van der Waals surface area contributed by atoms with Gasteiger partial charge in [0.2, 0.25) is 5.89 Å². The van der Waals surface area contributed by atoms with E-state index in [0.717, 1.165) is 21.3 Å². The van der Waals surface area contributed by atoms with Crippen molar-refractivity contribution in [2.75, 3.05) is 0 Å². The number of para-hydroxylation sites is 1. The van der Waals surface area contributed by atoms with E-state index in [1.54, 1.807) is 6.20 Å². The second-order valence-electron chi connectivity index (χ2n) is 5.54. The van der Waals surface area contributed by atoms with E-state index in [1.165, 1.54) is 0 Å². The van der Waals surface area contributed by atoms with Crippen molar-refractivity contribution in [3.05, 3.63) is 83.0 Å². The SMILES string of the molecule is Brc1ccccc1OCc1ccc(-c2nnc(-c3ccccn3)o2)cc1. The minimum absolute atomic E-state index is 0.405. The van der Waals surface area contributed by atoms with Gasteiger partial charge in [-0.15, -0.1) is 10.2 Å². The van der Waals surface area contributed by atoms with Crippen molar-refractivity contribution in [3.63, 3.8) is 0 Å². The van der Waals surface area contributed by atoms with Gasteiger partial charge in [-0.25, -0.2) is 0 Å². The predicted octanol–water partition coefficient (Wildman–Crippen LogP) is 5.14. The maximum atomic E-state index is 5.82. The van der Waals surface area contributed by atoms with Gasteiger partial charge >= 0.3 is 0 Å². The van der Waals surface area contributed by atoms with E-state index in [1.807, 2.05) is 66.7 Å². The normalized spacial score (nSPS) is 10.7. The molecule has 0 amide bonds. The molecule has 0 fully saturated rings. The number of ether oxygens (including phenoxy) is 1. The van der Waals surface area contributed by atoms with Crippen LogP contribution in [0.2, 0.25) is 0 Å². The molecule has 2 aromatic heterocycles. The molecule has 0 spiro atoms. The molecule has 0 aliphatic rings. The predicted molar refractivity (Wildman–Crippen MR) is 101 cm³/mol. The van der Waals surface area contributed by atoms with E-state index in [2.05, 4.69) is 31.1 Å². The van der Waals surface area contributed by atoms with E-state index in [9.17, 15) is 0 Å². The van der Waals surface area contributed by atoms with Gasteiger partial charge in [0, 0.05) is 11.8 Å². The van der Waals surface area contributed by atoms with Gasteiger partial charge in [0.05, 0.1) is 4.47 Å². The van der Waals surface area contributed by atoms with Gasteiger partial charge in [0.25, 0.3) is 5.89 Å². The van der Waals surface area contributed by atoms with Gasteiger partial charge in [-0.05, 0) is 57.9 Å². The summed E-state index contributed by atoms with van der Waals surface area (Å²) < 4.78 is 12.5. The lowest BCUT2D eigenvalue weighted by Gasteiger charge is -2.08. The van der Waals surface area contributed by atoms with Crippen LogP contribution in [0.15, 0.2) is 81.8 Å². The molecule has 4 rings (SSSR count). The molecule has 0 N–H and O–H groups in total. The molecule has 0 radical (unpaired) electrons. The Balaban J connectivity index is 1.46. The van der Waals surface area contributed by atoms with Gasteiger partial charge in [0.1, 0.15) is 18.1 Å². The summed E-state index contributed by atoms with van der Waals surface area (Å²) in [5.41, 5.74) is 2.56. The molecule has 5 nitrogen and oxygen atoms in total. The van der Waals surface area contributed by atoms with Crippen molar-refractivity contribution in [1.82, 2.24) is 15.2 Å².